The zero-order valence-corrected chi connectivity index (χ0v) is 19.1. The van der Waals surface area contributed by atoms with Gasteiger partial charge in [0.25, 0.3) is 0 Å². The number of hydrogen-bond acceptors (Lipinski definition) is 7. The number of nitrogens with one attached hydrogen (secondary N) is 1. The molecule has 1 N–H and O–H groups in total. The number of methoxy groups -OCH3 is 1. The van der Waals surface area contributed by atoms with Crippen LogP contribution in [0.2, 0.25) is 0 Å². The SMILES string of the molecule is CNc1cc2cc(S(=O)(=O)Cc3nccs3)ccc2c(-c2ccc(C(F)(F)F)cc2OC)n1. The molecule has 2 aromatic carbocycles. The Bertz CT molecular complexity index is 1420. The minimum atomic E-state index is -4.52. The summed E-state index contributed by atoms with van der Waals surface area (Å²) < 4.78 is 70.5. The number of ether oxygens (including phenoxy) is 1. The van der Waals surface area contributed by atoms with E-state index in [0.717, 1.165) is 12.1 Å². The van der Waals surface area contributed by atoms with E-state index in [2.05, 4.69) is 15.3 Å². The maximum absolute atomic E-state index is 13.2. The molecule has 0 saturated heterocycles. The Hall–Kier alpha value is -3.18. The molecule has 4 aromatic rings. The van der Waals surface area contributed by atoms with Crippen LogP contribution >= 0.6 is 11.3 Å². The lowest BCUT2D eigenvalue weighted by atomic mass is 10.0. The van der Waals surface area contributed by atoms with Gasteiger partial charge < -0.3 is 10.1 Å². The van der Waals surface area contributed by atoms with Crippen molar-refractivity contribution in [2.24, 2.45) is 0 Å². The fourth-order valence-electron chi connectivity index (χ4n) is 3.40. The minimum absolute atomic E-state index is 0.00680. The molecule has 0 spiro atoms. The molecule has 0 aliphatic carbocycles. The molecule has 11 heteroatoms. The Morgan fingerprint density at radius 1 is 1.12 bits per heavy atom. The van der Waals surface area contributed by atoms with E-state index in [0.29, 0.717) is 32.9 Å². The third-order valence-electron chi connectivity index (χ3n) is 5.00. The fraction of sp³-hybridized carbons (Fsp3) is 0.182. The van der Waals surface area contributed by atoms with E-state index in [1.54, 1.807) is 30.8 Å². The van der Waals surface area contributed by atoms with Crippen LogP contribution in [0, 0.1) is 0 Å². The molecule has 0 unspecified atom stereocenters. The van der Waals surface area contributed by atoms with Gasteiger partial charge in [0, 0.05) is 29.6 Å². The van der Waals surface area contributed by atoms with Crippen molar-refractivity contribution >= 4 is 37.8 Å². The second-order valence-electron chi connectivity index (χ2n) is 7.09. The number of thiazole rings is 1. The van der Waals surface area contributed by atoms with E-state index >= 15 is 0 Å². The lowest BCUT2D eigenvalue weighted by Gasteiger charge is -2.15. The fourth-order valence-corrected chi connectivity index (χ4v) is 5.68. The third kappa shape index (κ3) is 4.64. The molecule has 4 rings (SSSR count). The molecular weight excluding hydrogens is 475 g/mol. The van der Waals surface area contributed by atoms with E-state index in [-0.39, 0.29) is 16.4 Å². The van der Waals surface area contributed by atoms with Crippen molar-refractivity contribution in [3.8, 4) is 17.0 Å². The highest BCUT2D eigenvalue weighted by Gasteiger charge is 2.31. The molecule has 0 amide bonds. The van der Waals surface area contributed by atoms with E-state index in [1.165, 1.54) is 36.6 Å². The van der Waals surface area contributed by atoms with Gasteiger partial charge in [-0.2, -0.15) is 13.2 Å². The van der Waals surface area contributed by atoms with Crippen LogP contribution in [-0.2, 0) is 21.8 Å². The number of anilines is 1. The Morgan fingerprint density at radius 2 is 1.91 bits per heavy atom. The molecule has 0 aliphatic heterocycles. The smallest absolute Gasteiger partial charge is 0.416 e. The number of benzene rings is 2. The van der Waals surface area contributed by atoms with Crippen LogP contribution in [0.1, 0.15) is 10.6 Å². The third-order valence-corrected chi connectivity index (χ3v) is 7.59. The molecule has 6 nitrogen and oxygen atoms in total. The highest BCUT2D eigenvalue weighted by atomic mass is 32.2. The zero-order valence-electron chi connectivity index (χ0n) is 17.5. The summed E-state index contributed by atoms with van der Waals surface area (Å²) in [7, 11) is -0.721. The average Bonchev–Trinajstić information content (AvgIpc) is 3.29. The summed E-state index contributed by atoms with van der Waals surface area (Å²) >= 11 is 1.26. The molecule has 2 aromatic heterocycles. The monoisotopic (exact) mass is 493 g/mol. The van der Waals surface area contributed by atoms with Crippen molar-refractivity contribution in [3.05, 3.63) is 64.6 Å². The quantitative estimate of drug-likeness (QED) is 0.387. The Morgan fingerprint density at radius 3 is 2.55 bits per heavy atom. The Kier molecular flexibility index (Phi) is 6.02. The van der Waals surface area contributed by atoms with Crippen LogP contribution in [0.25, 0.3) is 22.0 Å². The number of halogens is 3. The molecule has 0 saturated carbocycles. The van der Waals surface area contributed by atoms with Crippen molar-refractivity contribution in [2.75, 3.05) is 19.5 Å². The standard InChI is InChI=1S/C22H18F3N3O3S2/c1-26-19-10-13-9-15(33(29,30)12-20-27-7-8-32-20)4-6-16(13)21(28-19)17-5-3-14(22(23,24)25)11-18(17)31-2/h3-11H,12H2,1-2H3,(H,26,28). The van der Waals surface area contributed by atoms with Crippen molar-refractivity contribution in [2.45, 2.75) is 16.8 Å². The molecule has 0 fully saturated rings. The minimum Gasteiger partial charge on any atom is -0.496 e. The van der Waals surface area contributed by atoms with E-state index < -0.39 is 21.6 Å². The predicted octanol–water partition coefficient (Wildman–Crippen LogP) is 5.40. The number of pyridine rings is 1. The van der Waals surface area contributed by atoms with Crippen LogP contribution in [0.15, 0.2) is 58.9 Å². The number of rotatable bonds is 6. The van der Waals surface area contributed by atoms with Crippen molar-refractivity contribution in [3.63, 3.8) is 0 Å². The summed E-state index contributed by atoms with van der Waals surface area (Å²) in [5, 5.41) is 6.23. The average molecular weight is 494 g/mol. The van der Waals surface area contributed by atoms with E-state index in [4.69, 9.17) is 4.74 Å². The highest BCUT2D eigenvalue weighted by Crippen LogP contribution is 2.39. The summed E-state index contributed by atoms with van der Waals surface area (Å²) in [5.41, 5.74) is -0.120. The number of alkyl halides is 3. The van der Waals surface area contributed by atoms with Gasteiger partial charge in [-0.1, -0.05) is 6.07 Å². The number of aromatic nitrogens is 2. The molecule has 0 atom stereocenters. The summed E-state index contributed by atoms with van der Waals surface area (Å²) in [4.78, 5) is 8.67. The summed E-state index contributed by atoms with van der Waals surface area (Å²) in [5.74, 6) is 0.209. The van der Waals surface area contributed by atoms with Gasteiger partial charge in [0.15, 0.2) is 9.84 Å². The largest absolute Gasteiger partial charge is 0.496 e. The van der Waals surface area contributed by atoms with Crippen LogP contribution < -0.4 is 10.1 Å². The number of fused-ring (bicyclic) bond motifs is 1. The Balaban J connectivity index is 1.87. The van der Waals surface area contributed by atoms with Gasteiger partial charge in [0.2, 0.25) is 0 Å². The topological polar surface area (TPSA) is 81.2 Å². The first kappa shape index (κ1) is 23.0. The maximum Gasteiger partial charge on any atom is 0.416 e. The molecule has 0 aliphatic rings. The molecular formula is C22H18F3N3O3S2. The van der Waals surface area contributed by atoms with Gasteiger partial charge in [-0.25, -0.2) is 18.4 Å². The van der Waals surface area contributed by atoms with Crippen molar-refractivity contribution in [1.82, 2.24) is 9.97 Å². The van der Waals surface area contributed by atoms with Gasteiger partial charge in [-0.3, -0.25) is 0 Å². The first-order chi connectivity index (χ1) is 15.6. The lowest BCUT2D eigenvalue weighted by Crippen LogP contribution is -2.06. The van der Waals surface area contributed by atoms with Gasteiger partial charge in [-0.15, -0.1) is 11.3 Å². The molecule has 33 heavy (non-hydrogen) atoms. The number of hydrogen-bond donors (Lipinski definition) is 1. The lowest BCUT2D eigenvalue weighted by molar-refractivity contribution is -0.137. The second-order valence-corrected chi connectivity index (χ2v) is 10.1. The van der Waals surface area contributed by atoms with Crippen LogP contribution in [0.3, 0.4) is 0 Å². The van der Waals surface area contributed by atoms with Crippen molar-refractivity contribution in [1.29, 1.82) is 0 Å². The summed E-state index contributed by atoms with van der Waals surface area (Å²) in [6, 6.07) is 9.45. The van der Waals surface area contributed by atoms with Crippen molar-refractivity contribution < 1.29 is 26.3 Å². The van der Waals surface area contributed by atoms with Gasteiger partial charge in [0.1, 0.15) is 22.3 Å². The van der Waals surface area contributed by atoms with E-state index in [1.807, 2.05) is 0 Å². The van der Waals surface area contributed by atoms with Gasteiger partial charge >= 0.3 is 6.18 Å². The van der Waals surface area contributed by atoms with Crippen LogP contribution in [-0.4, -0.2) is 32.5 Å². The summed E-state index contributed by atoms with van der Waals surface area (Å²) in [6.45, 7) is 0. The van der Waals surface area contributed by atoms with Crippen LogP contribution in [0.4, 0.5) is 19.0 Å². The van der Waals surface area contributed by atoms with Gasteiger partial charge in [-0.05, 0) is 41.8 Å². The molecule has 172 valence electrons. The molecule has 0 bridgehead atoms. The maximum atomic E-state index is 13.2. The van der Waals surface area contributed by atoms with Crippen LogP contribution in [0.5, 0.6) is 5.75 Å². The number of sulfone groups is 1. The molecule has 2 heterocycles. The predicted molar refractivity (Wildman–Crippen MR) is 121 cm³/mol. The molecule has 0 radical (unpaired) electrons. The highest BCUT2D eigenvalue weighted by molar-refractivity contribution is 7.90. The van der Waals surface area contributed by atoms with Gasteiger partial charge in [0.05, 0.1) is 23.3 Å². The second kappa shape index (κ2) is 8.64. The first-order valence-corrected chi connectivity index (χ1v) is 12.1. The van der Waals surface area contributed by atoms with E-state index in [9.17, 15) is 21.6 Å². The first-order valence-electron chi connectivity index (χ1n) is 9.61. The number of nitrogens with zero attached hydrogens (tertiary/aromatic N) is 2. The Labute approximate surface area is 192 Å². The zero-order chi connectivity index (χ0) is 23.8. The summed E-state index contributed by atoms with van der Waals surface area (Å²) in [6.07, 6.45) is -2.97. The normalized spacial score (nSPS) is 12.2.